The van der Waals surface area contributed by atoms with Crippen LogP contribution in [0.15, 0.2) is 24.3 Å². The van der Waals surface area contributed by atoms with E-state index in [0.717, 1.165) is 37.1 Å². The Morgan fingerprint density at radius 3 is 2.65 bits per heavy atom. The van der Waals surface area contributed by atoms with E-state index in [1.807, 2.05) is 18.2 Å². The molecule has 0 amide bonds. The molecule has 7 nitrogen and oxygen atoms in total. The summed E-state index contributed by atoms with van der Waals surface area (Å²) in [6, 6.07) is 7.44. The predicted molar refractivity (Wildman–Crippen MR) is 98.8 cm³/mol. The number of carboxylic acids is 1. The second-order valence-corrected chi connectivity index (χ2v) is 6.54. The third kappa shape index (κ3) is 3.65. The second kappa shape index (κ2) is 7.99. The number of aromatic carboxylic acids is 1. The molecule has 2 N–H and O–H groups in total. The maximum Gasteiger partial charge on any atom is 0.354 e. The summed E-state index contributed by atoms with van der Waals surface area (Å²) in [6.07, 6.45) is 0. The first kappa shape index (κ1) is 18.6. The van der Waals surface area contributed by atoms with Crippen LogP contribution in [-0.4, -0.2) is 77.4 Å². The molecule has 2 aromatic rings. The summed E-state index contributed by atoms with van der Waals surface area (Å²) in [5.41, 5.74) is 1.66. The first-order valence-corrected chi connectivity index (χ1v) is 8.83. The lowest BCUT2D eigenvalue weighted by atomic mass is 10.0. The maximum atomic E-state index is 11.4. The number of carbonyl (C=O) groups is 1. The van der Waals surface area contributed by atoms with E-state index >= 15 is 0 Å². The number of aromatic nitrogens is 1. The van der Waals surface area contributed by atoms with Crippen molar-refractivity contribution >= 4 is 16.9 Å². The Labute approximate surface area is 152 Å². The number of pyridine rings is 1. The van der Waals surface area contributed by atoms with E-state index in [1.54, 1.807) is 0 Å². The minimum atomic E-state index is -1.06. The Hall–Kier alpha value is -2.22. The first-order valence-electron chi connectivity index (χ1n) is 8.83. The van der Waals surface area contributed by atoms with Crippen molar-refractivity contribution in [2.24, 2.45) is 0 Å². The number of carboxylic acid groups (broad SMARTS) is 1. The zero-order chi connectivity index (χ0) is 18.7. The maximum absolute atomic E-state index is 11.4. The van der Waals surface area contributed by atoms with E-state index in [0.29, 0.717) is 17.8 Å². The summed E-state index contributed by atoms with van der Waals surface area (Å²) in [5, 5.41) is 19.3. The number of ether oxygens (including phenoxy) is 1. The van der Waals surface area contributed by atoms with Gasteiger partial charge in [0.2, 0.25) is 0 Å². The smallest absolute Gasteiger partial charge is 0.354 e. The fourth-order valence-corrected chi connectivity index (χ4v) is 3.57. The summed E-state index contributed by atoms with van der Waals surface area (Å²) < 4.78 is 5.39. The van der Waals surface area contributed by atoms with Crippen LogP contribution in [0.25, 0.3) is 10.9 Å². The minimum absolute atomic E-state index is 0.0123. The summed E-state index contributed by atoms with van der Waals surface area (Å²) in [5.74, 6) is -0.542. The predicted octanol–water partition coefficient (Wildman–Crippen LogP) is 1.61. The molecule has 0 spiro atoms. The number of aliphatic hydroxyl groups is 1. The molecule has 2 heterocycles. The fourth-order valence-electron chi connectivity index (χ4n) is 3.57. The van der Waals surface area contributed by atoms with Crippen molar-refractivity contribution in [2.45, 2.75) is 13.0 Å². The summed E-state index contributed by atoms with van der Waals surface area (Å²) in [4.78, 5) is 20.4. The van der Waals surface area contributed by atoms with Crippen molar-refractivity contribution in [1.82, 2.24) is 14.8 Å². The van der Waals surface area contributed by atoms with Crippen molar-refractivity contribution in [1.29, 1.82) is 0 Å². The van der Waals surface area contributed by atoms with E-state index < -0.39 is 5.97 Å². The number of benzene rings is 1. The van der Waals surface area contributed by atoms with Crippen molar-refractivity contribution < 1.29 is 19.7 Å². The van der Waals surface area contributed by atoms with Gasteiger partial charge >= 0.3 is 5.97 Å². The molecule has 3 rings (SSSR count). The van der Waals surface area contributed by atoms with Crippen LogP contribution >= 0.6 is 0 Å². The SMILES string of the molecule is COc1cc(C(=O)O)nc2c([C@@H](C)N3CCN(CCO)CC3)cccc12. The van der Waals surface area contributed by atoms with Gasteiger partial charge in [0.1, 0.15) is 5.75 Å². The largest absolute Gasteiger partial charge is 0.496 e. The lowest BCUT2D eigenvalue weighted by molar-refractivity contribution is 0.0690. The average Bonchev–Trinajstić information content (AvgIpc) is 2.66. The molecule has 1 aromatic heterocycles. The van der Waals surface area contributed by atoms with Gasteiger partial charge in [0, 0.05) is 50.2 Å². The van der Waals surface area contributed by atoms with E-state index in [-0.39, 0.29) is 18.3 Å². The van der Waals surface area contributed by atoms with Gasteiger partial charge in [-0.15, -0.1) is 0 Å². The molecular weight excluding hydrogens is 334 g/mol. The van der Waals surface area contributed by atoms with Crippen LogP contribution in [0.2, 0.25) is 0 Å². The molecule has 0 radical (unpaired) electrons. The van der Waals surface area contributed by atoms with Gasteiger partial charge in [-0.2, -0.15) is 0 Å². The monoisotopic (exact) mass is 359 g/mol. The van der Waals surface area contributed by atoms with Crippen LogP contribution in [0.1, 0.15) is 29.0 Å². The molecular formula is C19H25N3O4. The molecule has 140 valence electrons. The fraction of sp³-hybridized carbons (Fsp3) is 0.474. The number of piperazine rings is 1. The highest BCUT2D eigenvalue weighted by Gasteiger charge is 2.24. The zero-order valence-corrected chi connectivity index (χ0v) is 15.2. The van der Waals surface area contributed by atoms with Gasteiger partial charge in [-0.1, -0.05) is 12.1 Å². The molecule has 0 unspecified atom stereocenters. The van der Waals surface area contributed by atoms with Crippen LogP contribution in [0, 0.1) is 0 Å². The molecule has 1 aliphatic heterocycles. The number of nitrogens with zero attached hydrogens (tertiary/aromatic N) is 3. The summed E-state index contributed by atoms with van der Waals surface area (Å²) >= 11 is 0. The molecule has 0 aliphatic carbocycles. The standard InChI is InChI=1S/C19H25N3O4/c1-13(22-8-6-21(7-9-22)10-11-23)14-4-3-5-15-17(26-2)12-16(19(24)25)20-18(14)15/h3-5,12-13,23H,6-11H2,1-2H3,(H,24,25)/t13-/m1/s1. The Balaban J connectivity index is 1.94. The molecule has 1 fully saturated rings. The molecule has 1 saturated heterocycles. The molecule has 26 heavy (non-hydrogen) atoms. The van der Waals surface area contributed by atoms with E-state index in [1.165, 1.54) is 13.2 Å². The van der Waals surface area contributed by atoms with Crippen LogP contribution in [-0.2, 0) is 0 Å². The van der Waals surface area contributed by atoms with Gasteiger partial charge in [0.05, 0.1) is 19.2 Å². The number of fused-ring (bicyclic) bond motifs is 1. The van der Waals surface area contributed by atoms with Crippen LogP contribution in [0.5, 0.6) is 5.75 Å². The van der Waals surface area contributed by atoms with Gasteiger partial charge in [-0.05, 0) is 18.6 Å². The van der Waals surface area contributed by atoms with Crippen LogP contribution < -0.4 is 4.74 Å². The first-order chi connectivity index (χ1) is 12.5. The Morgan fingerprint density at radius 2 is 2.04 bits per heavy atom. The third-order valence-electron chi connectivity index (χ3n) is 5.09. The second-order valence-electron chi connectivity index (χ2n) is 6.54. The average molecular weight is 359 g/mol. The molecule has 7 heteroatoms. The number of methoxy groups -OCH3 is 1. The highest BCUT2D eigenvalue weighted by molar-refractivity contribution is 5.94. The normalized spacial score (nSPS) is 17.3. The Kier molecular flexibility index (Phi) is 5.70. The molecule has 1 aromatic carbocycles. The summed E-state index contributed by atoms with van der Waals surface area (Å²) in [7, 11) is 1.54. The van der Waals surface area contributed by atoms with E-state index in [9.17, 15) is 9.90 Å². The van der Waals surface area contributed by atoms with Gasteiger partial charge in [-0.3, -0.25) is 9.80 Å². The van der Waals surface area contributed by atoms with Crippen LogP contribution in [0.4, 0.5) is 0 Å². The van der Waals surface area contributed by atoms with E-state index in [2.05, 4.69) is 21.7 Å². The van der Waals surface area contributed by atoms with Gasteiger partial charge in [0.25, 0.3) is 0 Å². The van der Waals surface area contributed by atoms with Crippen molar-refractivity contribution in [3.63, 3.8) is 0 Å². The lowest BCUT2D eigenvalue weighted by Crippen LogP contribution is -2.47. The summed E-state index contributed by atoms with van der Waals surface area (Å²) in [6.45, 7) is 6.62. The number of hydrogen-bond acceptors (Lipinski definition) is 6. The highest BCUT2D eigenvalue weighted by atomic mass is 16.5. The highest BCUT2D eigenvalue weighted by Crippen LogP contribution is 2.32. The third-order valence-corrected chi connectivity index (χ3v) is 5.09. The Morgan fingerprint density at radius 1 is 1.31 bits per heavy atom. The molecule has 0 saturated carbocycles. The van der Waals surface area contributed by atoms with E-state index in [4.69, 9.17) is 9.84 Å². The number of hydrogen-bond donors (Lipinski definition) is 2. The van der Waals surface area contributed by atoms with Crippen molar-refractivity contribution in [2.75, 3.05) is 46.4 Å². The van der Waals surface area contributed by atoms with Crippen molar-refractivity contribution in [3.05, 3.63) is 35.5 Å². The Bertz CT molecular complexity index is 788. The number of β-amino-alcohol motifs (C(OH)–C–C–N with tert-alkyl or cyclic N) is 1. The topological polar surface area (TPSA) is 86.1 Å². The number of aliphatic hydroxyl groups excluding tert-OH is 1. The molecule has 0 bridgehead atoms. The zero-order valence-electron chi connectivity index (χ0n) is 15.2. The minimum Gasteiger partial charge on any atom is -0.496 e. The van der Waals surface area contributed by atoms with Gasteiger partial charge < -0.3 is 14.9 Å². The lowest BCUT2D eigenvalue weighted by Gasteiger charge is -2.38. The van der Waals surface area contributed by atoms with Gasteiger partial charge in [-0.25, -0.2) is 9.78 Å². The van der Waals surface area contributed by atoms with Crippen molar-refractivity contribution in [3.8, 4) is 5.75 Å². The quantitative estimate of drug-likeness (QED) is 0.810. The van der Waals surface area contributed by atoms with Gasteiger partial charge in [0.15, 0.2) is 5.69 Å². The van der Waals surface area contributed by atoms with Crippen LogP contribution in [0.3, 0.4) is 0 Å². The molecule has 1 aliphatic rings. The number of para-hydroxylation sites is 1. The molecule has 1 atom stereocenters. The number of rotatable bonds is 6.